The van der Waals surface area contributed by atoms with Gasteiger partial charge in [0.25, 0.3) is 5.91 Å². The number of anilines is 1. The maximum absolute atomic E-state index is 12.4. The standard InChI is InChI=1S/C20H21N5O/c1-14-3-5-16(6-4-14)13-23-20-24-15(2)11-18(25-20)19(26)22-12-17-7-9-21-10-8-17/h3-11H,12-13H2,1-2H3,(H,22,26)(H,23,24,25). The van der Waals surface area contributed by atoms with E-state index in [9.17, 15) is 4.79 Å². The molecule has 3 aromatic rings. The third-order valence-electron chi connectivity index (χ3n) is 3.86. The van der Waals surface area contributed by atoms with Crippen LogP contribution in [0.15, 0.2) is 54.9 Å². The molecule has 0 aliphatic carbocycles. The van der Waals surface area contributed by atoms with E-state index < -0.39 is 0 Å². The third kappa shape index (κ3) is 4.86. The number of hydrogen-bond acceptors (Lipinski definition) is 5. The van der Waals surface area contributed by atoms with E-state index in [-0.39, 0.29) is 5.91 Å². The molecule has 0 fully saturated rings. The van der Waals surface area contributed by atoms with Crippen molar-refractivity contribution in [2.75, 3.05) is 5.32 Å². The number of amides is 1. The molecule has 2 aromatic heterocycles. The predicted octanol–water partition coefficient (Wildman–Crippen LogP) is 3.03. The second kappa shape index (κ2) is 8.20. The smallest absolute Gasteiger partial charge is 0.270 e. The normalized spacial score (nSPS) is 10.4. The van der Waals surface area contributed by atoms with Crippen molar-refractivity contribution in [3.63, 3.8) is 0 Å². The van der Waals surface area contributed by atoms with Crippen LogP contribution in [0.25, 0.3) is 0 Å². The number of carbonyl (C=O) groups is 1. The van der Waals surface area contributed by atoms with Gasteiger partial charge >= 0.3 is 0 Å². The number of aryl methyl sites for hydroxylation is 2. The van der Waals surface area contributed by atoms with Crippen molar-refractivity contribution in [2.45, 2.75) is 26.9 Å². The van der Waals surface area contributed by atoms with Crippen LogP contribution in [0.2, 0.25) is 0 Å². The zero-order valence-electron chi connectivity index (χ0n) is 14.9. The first kappa shape index (κ1) is 17.5. The van der Waals surface area contributed by atoms with Crippen molar-refractivity contribution in [3.8, 4) is 0 Å². The predicted molar refractivity (Wildman–Crippen MR) is 101 cm³/mol. The van der Waals surface area contributed by atoms with Crippen molar-refractivity contribution < 1.29 is 4.79 Å². The molecule has 2 heterocycles. The van der Waals surface area contributed by atoms with Gasteiger partial charge in [0.05, 0.1) is 0 Å². The fraction of sp³-hybridized carbons (Fsp3) is 0.200. The van der Waals surface area contributed by atoms with Crippen molar-refractivity contribution >= 4 is 11.9 Å². The second-order valence-electron chi connectivity index (χ2n) is 6.10. The molecule has 1 aromatic carbocycles. The second-order valence-corrected chi connectivity index (χ2v) is 6.10. The summed E-state index contributed by atoms with van der Waals surface area (Å²) in [5.41, 5.74) is 4.41. The van der Waals surface area contributed by atoms with E-state index in [1.54, 1.807) is 18.5 Å². The number of nitrogens with one attached hydrogen (secondary N) is 2. The number of hydrogen-bond donors (Lipinski definition) is 2. The van der Waals surface area contributed by atoms with Crippen molar-refractivity contribution in [3.05, 3.63) is 82.9 Å². The Morgan fingerprint density at radius 1 is 0.923 bits per heavy atom. The Morgan fingerprint density at radius 3 is 2.35 bits per heavy atom. The molecule has 3 rings (SSSR count). The van der Waals surface area contributed by atoms with E-state index in [0.717, 1.165) is 16.8 Å². The van der Waals surface area contributed by atoms with Gasteiger partial charge in [0.1, 0.15) is 5.69 Å². The van der Waals surface area contributed by atoms with E-state index in [0.29, 0.717) is 24.7 Å². The van der Waals surface area contributed by atoms with Gasteiger partial charge in [-0.05, 0) is 43.2 Å². The fourth-order valence-corrected chi connectivity index (χ4v) is 2.42. The van der Waals surface area contributed by atoms with E-state index in [2.05, 4.69) is 56.8 Å². The molecule has 0 saturated heterocycles. The first-order valence-corrected chi connectivity index (χ1v) is 8.42. The lowest BCUT2D eigenvalue weighted by atomic mass is 10.1. The molecule has 1 amide bonds. The van der Waals surface area contributed by atoms with Crippen molar-refractivity contribution in [2.24, 2.45) is 0 Å². The Hall–Kier alpha value is -3.28. The highest BCUT2D eigenvalue weighted by molar-refractivity contribution is 5.92. The van der Waals surface area contributed by atoms with Crippen LogP contribution in [0.5, 0.6) is 0 Å². The quantitative estimate of drug-likeness (QED) is 0.716. The lowest BCUT2D eigenvalue weighted by Crippen LogP contribution is -2.24. The Balaban J connectivity index is 1.64. The molecule has 0 saturated carbocycles. The van der Waals surface area contributed by atoms with Gasteiger partial charge in [0.15, 0.2) is 0 Å². The third-order valence-corrected chi connectivity index (χ3v) is 3.86. The van der Waals surface area contributed by atoms with E-state index >= 15 is 0 Å². The van der Waals surface area contributed by atoms with Gasteiger partial charge in [-0.3, -0.25) is 9.78 Å². The average molecular weight is 347 g/mol. The Labute approximate surface area is 152 Å². The van der Waals surface area contributed by atoms with E-state index in [4.69, 9.17) is 0 Å². The average Bonchev–Trinajstić information content (AvgIpc) is 2.66. The number of aromatic nitrogens is 3. The van der Waals surface area contributed by atoms with Crippen LogP contribution >= 0.6 is 0 Å². The van der Waals surface area contributed by atoms with Crippen LogP contribution in [0.1, 0.15) is 32.9 Å². The zero-order valence-corrected chi connectivity index (χ0v) is 14.9. The molecule has 0 bridgehead atoms. The van der Waals surface area contributed by atoms with Crippen molar-refractivity contribution in [1.82, 2.24) is 20.3 Å². The van der Waals surface area contributed by atoms with E-state index in [1.165, 1.54) is 5.56 Å². The molecule has 2 N–H and O–H groups in total. The van der Waals surface area contributed by atoms with Gasteiger partial charge in [-0.25, -0.2) is 9.97 Å². The van der Waals surface area contributed by atoms with Crippen LogP contribution in [-0.2, 0) is 13.1 Å². The minimum Gasteiger partial charge on any atom is -0.350 e. The van der Waals surface area contributed by atoms with Gasteiger partial charge in [-0.2, -0.15) is 0 Å². The molecular formula is C20H21N5O. The molecular weight excluding hydrogens is 326 g/mol. The van der Waals surface area contributed by atoms with Gasteiger partial charge in [0.2, 0.25) is 5.95 Å². The highest BCUT2D eigenvalue weighted by Gasteiger charge is 2.10. The number of nitrogens with zero attached hydrogens (tertiary/aromatic N) is 3. The van der Waals surface area contributed by atoms with Crippen LogP contribution in [0.3, 0.4) is 0 Å². The largest absolute Gasteiger partial charge is 0.350 e. The highest BCUT2D eigenvalue weighted by atomic mass is 16.1. The lowest BCUT2D eigenvalue weighted by Gasteiger charge is -2.09. The van der Waals surface area contributed by atoms with Gasteiger partial charge in [0, 0.05) is 31.2 Å². The number of pyridine rings is 1. The summed E-state index contributed by atoms with van der Waals surface area (Å²) in [6.45, 7) is 4.93. The molecule has 6 heteroatoms. The SMILES string of the molecule is Cc1ccc(CNc2nc(C)cc(C(=O)NCc3ccncc3)n2)cc1. The fourth-order valence-electron chi connectivity index (χ4n) is 2.42. The Bertz CT molecular complexity index is 878. The van der Waals surface area contributed by atoms with Gasteiger partial charge < -0.3 is 10.6 Å². The monoisotopic (exact) mass is 347 g/mol. The molecule has 0 atom stereocenters. The lowest BCUT2D eigenvalue weighted by molar-refractivity contribution is 0.0945. The van der Waals surface area contributed by atoms with Gasteiger partial charge in [-0.1, -0.05) is 29.8 Å². The first-order chi connectivity index (χ1) is 12.6. The topological polar surface area (TPSA) is 79.8 Å². The number of rotatable bonds is 6. The Kier molecular flexibility index (Phi) is 5.53. The molecule has 0 spiro atoms. The minimum atomic E-state index is -0.231. The molecule has 0 aliphatic heterocycles. The summed E-state index contributed by atoms with van der Waals surface area (Å²) in [6, 6.07) is 13.6. The molecule has 0 radical (unpaired) electrons. The zero-order chi connectivity index (χ0) is 18.4. The van der Waals surface area contributed by atoms with Crippen LogP contribution in [0, 0.1) is 13.8 Å². The molecule has 6 nitrogen and oxygen atoms in total. The van der Waals surface area contributed by atoms with Crippen LogP contribution < -0.4 is 10.6 Å². The number of carbonyl (C=O) groups excluding carboxylic acids is 1. The summed E-state index contributed by atoms with van der Waals surface area (Å²) in [6.07, 6.45) is 3.40. The minimum absolute atomic E-state index is 0.231. The molecule has 132 valence electrons. The molecule has 26 heavy (non-hydrogen) atoms. The van der Waals surface area contributed by atoms with Crippen LogP contribution in [-0.4, -0.2) is 20.9 Å². The van der Waals surface area contributed by atoms with Crippen LogP contribution in [0.4, 0.5) is 5.95 Å². The molecule has 0 unspecified atom stereocenters. The van der Waals surface area contributed by atoms with Crippen molar-refractivity contribution in [1.29, 1.82) is 0 Å². The summed E-state index contributed by atoms with van der Waals surface area (Å²) < 4.78 is 0. The Morgan fingerprint density at radius 2 is 1.62 bits per heavy atom. The summed E-state index contributed by atoms with van der Waals surface area (Å²) in [5.74, 6) is 0.213. The van der Waals surface area contributed by atoms with Gasteiger partial charge in [-0.15, -0.1) is 0 Å². The summed E-state index contributed by atoms with van der Waals surface area (Å²) in [5, 5.41) is 6.04. The number of benzene rings is 1. The summed E-state index contributed by atoms with van der Waals surface area (Å²) >= 11 is 0. The first-order valence-electron chi connectivity index (χ1n) is 8.42. The molecule has 0 aliphatic rings. The maximum atomic E-state index is 12.4. The van der Waals surface area contributed by atoms with E-state index in [1.807, 2.05) is 19.1 Å². The summed E-state index contributed by atoms with van der Waals surface area (Å²) in [7, 11) is 0. The maximum Gasteiger partial charge on any atom is 0.270 e. The highest BCUT2D eigenvalue weighted by Crippen LogP contribution is 2.09. The summed E-state index contributed by atoms with van der Waals surface area (Å²) in [4.78, 5) is 25.0.